The van der Waals surface area contributed by atoms with Crippen LogP contribution < -0.4 is 0 Å². The molecular formula is C15H15NOS. The minimum absolute atomic E-state index is 0.0370. The first kappa shape index (κ1) is 12.6. The van der Waals surface area contributed by atoms with E-state index in [0.29, 0.717) is 13.1 Å². The summed E-state index contributed by atoms with van der Waals surface area (Å²) >= 11 is 1.64. The number of nitrogens with zero attached hydrogens (tertiary/aromatic N) is 1. The van der Waals surface area contributed by atoms with E-state index in [2.05, 4.69) is 12.0 Å². The number of carbonyl (C=O) groups is 1. The first-order valence-electron chi connectivity index (χ1n) is 5.76. The fraction of sp³-hybridized carbons (Fsp3) is 0.133. The van der Waals surface area contributed by atoms with Gasteiger partial charge < -0.3 is 4.90 Å². The third-order valence-corrected chi connectivity index (χ3v) is 3.39. The van der Waals surface area contributed by atoms with Crippen molar-refractivity contribution in [1.82, 2.24) is 4.90 Å². The zero-order valence-corrected chi connectivity index (χ0v) is 10.9. The third kappa shape index (κ3) is 3.31. The van der Waals surface area contributed by atoms with Gasteiger partial charge in [0.2, 0.25) is 5.91 Å². The Bertz CT molecular complexity index is 505. The number of hydrogen-bond donors (Lipinski definition) is 0. The van der Waals surface area contributed by atoms with Gasteiger partial charge in [-0.1, -0.05) is 36.9 Å². The quantitative estimate of drug-likeness (QED) is 0.751. The molecule has 0 aliphatic heterocycles. The molecule has 1 heterocycles. The number of thiophene rings is 1. The van der Waals surface area contributed by atoms with Crippen LogP contribution in [-0.4, -0.2) is 10.8 Å². The summed E-state index contributed by atoms with van der Waals surface area (Å²) in [7, 11) is 0. The van der Waals surface area contributed by atoms with Crippen molar-refractivity contribution in [1.29, 1.82) is 0 Å². The van der Waals surface area contributed by atoms with Gasteiger partial charge in [-0.15, -0.1) is 0 Å². The van der Waals surface area contributed by atoms with E-state index in [9.17, 15) is 4.79 Å². The molecule has 3 heteroatoms. The van der Waals surface area contributed by atoms with Gasteiger partial charge in [-0.05, 0) is 34.0 Å². The van der Waals surface area contributed by atoms with Crippen LogP contribution in [0.25, 0.3) is 0 Å². The van der Waals surface area contributed by atoms with Gasteiger partial charge in [-0.25, -0.2) is 0 Å². The van der Waals surface area contributed by atoms with Crippen molar-refractivity contribution in [2.24, 2.45) is 0 Å². The Balaban J connectivity index is 2.10. The summed E-state index contributed by atoms with van der Waals surface area (Å²) in [6.07, 6.45) is 1.37. The SMILES string of the molecule is C=CC(=O)N(Cc1ccccc1)Cc1ccsc1. The molecule has 0 saturated carbocycles. The largest absolute Gasteiger partial charge is 0.330 e. The number of hydrogen-bond acceptors (Lipinski definition) is 2. The molecule has 2 aromatic rings. The summed E-state index contributed by atoms with van der Waals surface area (Å²) in [5, 5.41) is 4.09. The molecule has 0 bridgehead atoms. The van der Waals surface area contributed by atoms with Crippen LogP contribution in [-0.2, 0) is 17.9 Å². The van der Waals surface area contributed by atoms with Gasteiger partial charge in [0.05, 0.1) is 0 Å². The van der Waals surface area contributed by atoms with Crippen molar-refractivity contribution in [3.05, 3.63) is 70.9 Å². The van der Waals surface area contributed by atoms with Crippen LogP contribution in [0.4, 0.5) is 0 Å². The fourth-order valence-electron chi connectivity index (χ4n) is 1.75. The average molecular weight is 257 g/mol. The van der Waals surface area contributed by atoms with Crippen LogP contribution in [0, 0.1) is 0 Å². The molecule has 0 aliphatic rings. The van der Waals surface area contributed by atoms with Gasteiger partial charge in [0.25, 0.3) is 0 Å². The highest BCUT2D eigenvalue weighted by molar-refractivity contribution is 7.07. The number of amides is 1. The molecule has 0 N–H and O–H groups in total. The molecule has 2 rings (SSSR count). The summed E-state index contributed by atoms with van der Waals surface area (Å²) in [4.78, 5) is 13.6. The van der Waals surface area contributed by atoms with Crippen molar-refractivity contribution in [3.63, 3.8) is 0 Å². The van der Waals surface area contributed by atoms with Crippen LogP contribution >= 0.6 is 11.3 Å². The van der Waals surface area contributed by atoms with Gasteiger partial charge in [-0.2, -0.15) is 11.3 Å². The Hall–Kier alpha value is -1.87. The molecule has 0 unspecified atom stereocenters. The third-order valence-electron chi connectivity index (χ3n) is 2.66. The van der Waals surface area contributed by atoms with E-state index in [4.69, 9.17) is 0 Å². The second-order valence-electron chi connectivity index (χ2n) is 4.02. The maximum Gasteiger partial charge on any atom is 0.246 e. The van der Waals surface area contributed by atoms with Crippen LogP contribution in [0.5, 0.6) is 0 Å². The standard InChI is InChI=1S/C15H15NOS/c1-2-15(17)16(11-14-8-9-18-12-14)10-13-6-4-3-5-7-13/h2-9,12H,1,10-11H2. The predicted octanol–water partition coefficient (Wildman–Crippen LogP) is 3.46. The molecule has 92 valence electrons. The molecule has 18 heavy (non-hydrogen) atoms. The Kier molecular flexibility index (Phi) is 4.31. The second-order valence-corrected chi connectivity index (χ2v) is 4.80. The van der Waals surface area contributed by atoms with Crippen molar-refractivity contribution in [3.8, 4) is 0 Å². The van der Waals surface area contributed by atoms with E-state index in [1.165, 1.54) is 6.08 Å². The topological polar surface area (TPSA) is 20.3 Å². The van der Waals surface area contributed by atoms with Gasteiger partial charge in [0.1, 0.15) is 0 Å². The zero-order chi connectivity index (χ0) is 12.8. The second kappa shape index (κ2) is 6.17. The summed E-state index contributed by atoms with van der Waals surface area (Å²) < 4.78 is 0. The number of benzene rings is 1. The smallest absolute Gasteiger partial charge is 0.246 e. The zero-order valence-electron chi connectivity index (χ0n) is 10.1. The highest BCUT2D eigenvalue weighted by atomic mass is 32.1. The Morgan fingerprint density at radius 3 is 2.50 bits per heavy atom. The monoisotopic (exact) mass is 257 g/mol. The molecule has 0 aliphatic carbocycles. The molecule has 0 atom stereocenters. The summed E-state index contributed by atoms with van der Waals surface area (Å²) in [5.41, 5.74) is 2.29. The maximum absolute atomic E-state index is 11.9. The van der Waals surface area contributed by atoms with Crippen LogP contribution in [0.1, 0.15) is 11.1 Å². The highest BCUT2D eigenvalue weighted by Gasteiger charge is 2.11. The molecule has 0 radical (unpaired) electrons. The molecule has 0 fully saturated rings. The van der Waals surface area contributed by atoms with E-state index in [-0.39, 0.29) is 5.91 Å². The van der Waals surface area contributed by atoms with E-state index in [1.807, 2.05) is 41.8 Å². The van der Waals surface area contributed by atoms with Crippen LogP contribution in [0.15, 0.2) is 59.8 Å². The summed E-state index contributed by atoms with van der Waals surface area (Å²) in [6.45, 7) is 4.80. The first-order valence-corrected chi connectivity index (χ1v) is 6.70. The number of rotatable bonds is 5. The lowest BCUT2D eigenvalue weighted by Crippen LogP contribution is -2.28. The lowest BCUT2D eigenvalue weighted by atomic mass is 10.2. The number of carbonyl (C=O) groups excluding carboxylic acids is 1. The molecule has 1 aromatic heterocycles. The van der Waals surface area contributed by atoms with E-state index < -0.39 is 0 Å². The minimum Gasteiger partial charge on any atom is -0.330 e. The molecule has 0 spiro atoms. The van der Waals surface area contributed by atoms with Gasteiger partial charge in [0, 0.05) is 13.1 Å². The molecule has 0 saturated heterocycles. The van der Waals surface area contributed by atoms with E-state index in [0.717, 1.165) is 11.1 Å². The van der Waals surface area contributed by atoms with Gasteiger partial charge in [0.15, 0.2) is 0 Å². The van der Waals surface area contributed by atoms with Crippen molar-refractivity contribution in [2.45, 2.75) is 13.1 Å². The van der Waals surface area contributed by atoms with Gasteiger partial charge in [-0.3, -0.25) is 4.79 Å². The lowest BCUT2D eigenvalue weighted by Gasteiger charge is -2.20. The fourth-order valence-corrected chi connectivity index (χ4v) is 2.41. The van der Waals surface area contributed by atoms with Crippen LogP contribution in [0.2, 0.25) is 0 Å². The molecular weight excluding hydrogens is 242 g/mol. The normalized spacial score (nSPS) is 10.0. The van der Waals surface area contributed by atoms with Crippen molar-refractivity contribution < 1.29 is 4.79 Å². The average Bonchev–Trinajstić information content (AvgIpc) is 2.91. The van der Waals surface area contributed by atoms with Gasteiger partial charge >= 0.3 is 0 Å². The maximum atomic E-state index is 11.9. The Labute approximate surface area is 111 Å². The lowest BCUT2D eigenvalue weighted by molar-refractivity contribution is -0.127. The minimum atomic E-state index is -0.0370. The molecule has 2 nitrogen and oxygen atoms in total. The summed E-state index contributed by atoms with van der Waals surface area (Å²) in [6, 6.07) is 12.0. The van der Waals surface area contributed by atoms with E-state index in [1.54, 1.807) is 16.2 Å². The van der Waals surface area contributed by atoms with Crippen molar-refractivity contribution in [2.75, 3.05) is 0 Å². The van der Waals surface area contributed by atoms with Crippen LogP contribution in [0.3, 0.4) is 0 Å². The van der Waals surface area contributed by atoms with E-state index >= 15 is 0 Å². The first-order chi connectivity index (χ1) is 8.79. The predicted molar refractivity (Wildman–Crippen MR) is 75.2 cm³/mol. The summed E-state index contributed by atoms with van der Waals surface area (Å²) in [5.74, 6) is -0.0370. The van der Waals surface area contributed by atoms with Crippen molar-refractivity contribution >= 4 is 17.2 Å². The molecule has 1 aromatic carbocycles. The Morgan fingerprint density at radius 1 is 1.17 bits per heavy atom. The Morgan fingerprint density at radius 2 is 1.89 bits per heavy atom. The molecule has 1 amide bonds. The highest BCUT2D eigenvalue weighted by Crippen LogP contribution is 2.13.